The number of alkyl halides is 3. The summed E-state index contributed by atoms with van der Waals surface area (Å²) in [6.45, 7) is 0. The van der Waals surface area contributed by atoms with E-state index in [0.29, 0.717) is 10.5 Å². The number of fused-ring (bicyclic) bond motifs is 2. The highest BCUT2D eigenvalue weighted by molar-refractivity contribution is 8.00. The average molecular weight is 348 g/mol. The minimum atomic E-state index is -4.95. The van der Waals surface area contributed by atoms with Gasteiger partial charge in [0.25, 0.3) is 0 Å². The molecule has 2 unspecified atom stereocenters. The van der Waals surface area contributed by atoms with Crippen molar-refractivity contribution >= 4 is 17.5 Å². The van der Waals surface area contributed by atoms with Gasteiger partial charge >= 0.3 is 6.36 Å². The standard InChI is InChI=1S/C16H16F4O2S/c17-13-8-9(4-5-14(13)22-16(18,19)20)15(21)10-6-11-2-1-3-12(7-10)23-11/h4-5,8,10-12H,1-3,6-7H2. The minimum Gasteiger partial charge on any atom is -0.403 e. The molecule has 0 aliphatic carbocycles. The first-order chi connectivity index (χ1) is 10.8. The quantitative estimate of drug-likeness (QED) is 0.570. The molecule has 0 amide bonds. The average Bonchev–Trinajstić information content (AvgIpc) is 2.47. The van der Waals surface area contributed by atoms with Crippen molar-refractivity contribution in [2.24, 2.45) is 5.92 Å². The van der Waals surface area contributed by atoms with Crippen LogP contribution in [0.4, 0.5) is 17.6 Å². The molecule has 2 aliphatic rings. The lowest BCUT2D eigenvalue weighted by Crippen LogP contribution is -2.33. The molecule has 0 saturated carbocycles. The van der Waals surface area contributed by atoms with E-state index in [-0.39, 0.29) is 17.3 Å². The van der Waals surface area contributed by atoms with Crippen LogP contribution in [0, 0.1) is 11.7 Å². The molecule has 0 N–H and O–H groups in total. The maximum absolute atomic E-state index is 13.8. The summed E-state index contributed by atoms with van der Waals surface area (Å²) in [5.74, 6) is -2.43. The topological polar surface area (TPSA) is 26.3 Å². The van der Waals surface area contributed by atoms with Gasteiger partial charge in [0.1, 0.15) is 0 Å². The monoisotopic (exact) mass is 348 g/mol. The smallest absolute Gasteiger partial charge is 0.403 e. The molecule has 0 aromatic heterocycles. The number of thioether (sulfide) groups is 1. The van der Waals surface area contributed by atoms with E-state index >= 15 is 0 Å². The predicted octanol–water partition coefficient (Wildman–Crippen LogP) is 4.97. The van der Waals surface area contributed by atoms with Crippen molar-refractivity contribution in [1.82, 2.24) is 0 Å². The maximum atomic E-state index is 13.8. The third-order valence-corrected chi connectivity index (χ3v) is 5.97. The summed E-state index contributed by atoms with van der Waals surface area (Å²) in [6.07, 6.45) is -0.0497. The summed E-state index contributed by atoms with van der Waals surface area (Å²) in [7, 11) is 0. The summed E-state index contributed by atoms with van der Waals surface area (Å²) < 4.78 is 53.8. The molecule has 126 valence electrons. The number of ether oxygens (including phenoxy) is 1. The lowest BCUT2D eigenvalue weighted by Gasteiger charge is -2.37. The highest BCUT2D eigenvalue weighted by Crippen LogP contribution is 2.44. The molecule has 7 heteroatoms. The van der Waals surface area contributed by atoms with E-state index in [1.165, 1.54) is 12.5 Å². The highest BCUT2D eigenvalue weighted by Gasteiger charge is 2.36. The molecule has 2 aliphatic heterocycles. The molecular formula is C16H16F4O2S. The van der Waals surface area contributed by atoms with E-state index in [1.807, 2.05) is 11.8 Å². The predicted molar refractivity (Wildman–Crippen MR) is 79.2 cm³/mol. The molecule has 3 rings (SSSR count). The van der Waals surface area contributed by atoms with Crippen LogP contribution in [0.1, 0.15) is 42.5 Å². The molecule has 2 atom stereocenters. The van der Waals surface area contributed by atoms with Crippen LogP contribution < -0.4 is 4.74 Å². The Balaban J connectivity index is 1.74. The van der Waals surface area contributed by atoms with Crippen molar-refractivity contribution in [1.29, 1.82) is 0 Å². The summed E-state index contributed by atoms with van der Waals surface area (Å²) >= 11 is 1.93. The highest BCUT2D eigenvalue weighted by atomic mass is 32.2. The van der Waals surface area contributed by atoms with E-state index in [1.54, 1.807) is 0 Å². The van der Waals surface area contributed by atoms with Gasteiger partial charge in [0.2, 0.25) is 0 Å². The van der Waals surface area contributed by atoms with Crippen LogP contribution in [0.25, 0.3) is 0 Å². The Bertz CT molecular complexity index is 590. The number of rotatable bonds is 3. The minimum absolute atomic E-state index is 0.118. The van der Waals surface area contributed by atoms with Gasteiger partial charge in [-0.25, -0.2) is 4.39 Å². The van der Waals surface area contributed by atoms with E-state index in [0.717, 1.165) is 37.8 Å². The molecule has 0 radical (unpaired) electrons. The van der Waals surface area contributed by atoms with Crippen LogP contribution in [0.15, 0.2) is 18.2 Å². The van der Waals surface area contributed by atoms with Gasteiger partial charge in [0.15, 0.2) is 17.3 Å². The first-order valence-corrected chi connectivity index (χ1v) is 8.51. The first-order valence-electron chi connectivity index (χ1n) is 7.57. The second-order valence-electron chi connectivity index (χ2n) is 6.04. The Labute approximate surface area is 135 Å². The number of carbonyl (C=O) groups is 1. The van der Waals surface area contributed by atoms with E-state index in [4.69, 9.17) is 0 Å². The zero-order valence-electron chi connectivity index (χ0n) is 12.2. The fourth-order valence-electron chi connectivity index (χ4n) is 3.37. The van der Waals surface area contributed by atoms with Crippen molar-refractivity contribution in [3.63, 3.8) is 0 Å². The molecule has 0 spiro atoms. The largest absolute Gasteiger partial charge is 0.573 e. The van der Waals surface area contributed by atoms with Crippen molar-refractivity contribution in [3.8, 4) is 5.75 Å². The van der Waals surface area contributed by atoms with Crippen LogP contribution in [-0.4, -0.2) is 22.6 Å². The molecule has 23 heavy (non-hydrogen) atoms. The molecule has 2 nitrogen and oxygen atoms in total. The number of Topliss-reactive ketones (excluding diaryl/α,β-unsaturated/α-hetero) is 1. The normalized spacial score (nSPS) is 27.6. The number of hydrogen-bond acceptors (Lipinski definition) is 3. The summed E-state index contributed by atoms with van der Waals surface area (Å²) in [4.78, 5) is 12.5. The Morgan fingerprint density at radius 2 is 1.83 bits per heavy atom. The number of halogens is 4. The third kappa shape index (κ3) is 4.00. The van der Waals surface area contributed by atoms with Crippen LogP contribution in [0.3, 0.4) is 0 Å². The molecule has 2 bridgehead atoms. The lowest BCUT2D eigenvalue weighted by atomic mass is 9.84. The van der Waals surface area contributed by atoms with E-state index < -0.39 is 17.9 Å². The van der Waals surface area contributed by atoms with Gasteiger partial charge in [-0.3, -0.25) is 4.79 Å². The summed E-state index contributed by atoms with van der Waals surface area (Å²) in [5, 5.41) is 0.934. The van der Waals surface area contributed by atoms with E-state index in [9.17, 15) is 22.4 Å². The zero-order valence-corrected chi connectivity index (χ0v) is 13.1. The lowest BCUT2D eigenvalue weighted by molar-refractivity contribution is -0.275. The van der Waals surface area contributed by atoms with Gasteiger partial charge in [-0.15, -0.1) is 13.2 Å². The zero-order chi connectivity index (χ0) is 16.6. The van der Waals surface area contributed by atoms with Gasteiger partial charge in [-0.05, 0) is 43.9 Å². The Hall–Kier alpha value is -1.24. The van der Waals surface area contributed by atoms with Gasteiger partial charge < -0.3 is 4.74 Å². The number of hydrogen-bond donors (Lipinski definition) is 0. The molecule has 2 saturated heterocycles. The van der Waals surface area contributed by atoms with Crippen LogP contribution in [0.5, 0.6) is 5.75 Å². The Morgan fingerprint density at radius 1 is 1.17 bits per heavy atom. The van der Waals surface area contributed by atoms with Crippen molar-refractivity contribution in [2.75, 3.05) is 0 Å². The maximum Gasteiger partial charge on any atom is 0.573 e. The van der Waals surface area contributed by atoms with Gasteiger partial charge in [-0.1, -0.05) is 6.42 Å². The number of ketones is 1. The summed E-state index contributed by atoms with van der Waals surface area (Å²) in [5.41, 5.74) is 0.118. The first kappa shape index (κ1) is 16.6. The van der Waals surface area contributed by atoms with Crippen LogP contribution >= 0.6 is 11.8 Å². The molecule has 1 aromatic rings. The molecule has 2 fully saturated rings. The Kier molecular flexibility index (Phi) is 4.58. The summed E-state index contributed by atoms with van der Waals surface area (Å²) in [6, 6.07) is 2.93. The van der Waals surface area contributed by atoms with E-state index in [2.05, 4.69) is 4.74 Å². The molecular weight excluding hydrogens is 332 g/mol. The number of carbonyl (C=O) groups excluding carboxylic acids is 1. The van der Waals surface area contributed by atoms with Crippen LogP contribution in [0.2, 0.25) is 0 Å². The fraction of sp³-hybridized carbons (Fsp3) is 0.562. The van der Waals surface area contributed by atoms with Crippen molar-refractivity contribution in [2.45, 2.75) is 49.0 Å². The fourth-order valence-corrected chi connectivity index (χ4v) is 5.21. The van der Waals surface area contributed by atoms with Gasteiger partial charge in [-0.2, -0.15) is 11.8 Å². The van der Waals surface area contributed by atoms with Crippen molar-refractivity contribution in [3.05, 3.63) is 29.6 Å². The molecule has 1 aromatic carbocycles. The van der Waals surface area contributed by atoms with Crippen LogP contribution in [-0.2, 0) is 0 Å². The Morgan fingerprint density at radius 3 is 2.39 bits per heavy atom. The second-order valence-corrected chi connectivity index (χ2v) is 7.64. The third-order valence-electron chi connectivity index (χ3n) is 4.34. The second kappa shape index (κ2) is 6.34. The molecule has 2 heterocycles. The van der Waals surface area contributed by atoms with Gasteiger partial charge in [0.05, 0.1) is 0 Å². The van der Waals surface area contributed by atoms with Gasteiger partial charge in [0, 0.05) is 22.0 Å². The SMILES string of the molecule is O=C(c1ccc(OC(F)(F)F)c(F)c1)C1CC2CCCC(C1)S2. The number of benzene rings is 1. The van der Waals surface area contributed by atoms with Crippen molar-refractivity contribution < 1.29 is 27.1 Å².